The zero-order chi connectivity index (χ0) is 10.5. The monoisotopic (exact) mass is 223 g/mol. The van der Waals surface area contributed by atoms with E-state index in [2.05, 4.69) is 18.3 Å². The van der Waals surface area contributed by atoms with Crippen LogP contribution in [0.4, 0.5) is 0 Å². The predicted molar refractivity (Wildman–Crippen MR) is 67.6 cm³/mol. The average molecular weight is 223 g/mol. The van der Waals surface area contributed by atoms with Gasteiger partial charge in [0.15, 0.2) is 0 Å². The number of nitrogens with one attached hydrogen (secondary N) is 1. The summed E-state index contributed by atoms with van der Waals surface area (Å²) in [6.07, 6.45) is 8.02. The van der Waals surface area contributed by atoms with E-state index in [1.165, 1.54) is 49.9 Å². The van der Waals surface area contributed by atoms with Gasteiger partial charge in [0.1, 0.15) is 0 Å². The van der Waals surface area contributed by atoms with E-state index in [0.717, 1.165) is 6.54 Å². The number of rotatable bonds is 6. The predicted octanol–water partition coefficient (Wildman–Crippen LogP) is 3.52. The minimum atomic E-state index is 1.08. The van der Waals surface area contributed by atoms with Crippen LogP contribution in [0.25, 0.3) is 0 Å². The summed E-state index contributed by atoms with van der Waals surface area (Å²) in [4.78, 5) is 3.19. The maximum Gasteiger partial charge on any atom is 0.0299 e. The Hall–Kier alpha value is -0.340. The van der Waals surface area contributed by atoms with Gasteiger partial charge >= 0.3 is 0 Å². The molecular weight excluding hydrogens is 202 g/mol. The van der Waals surface area contributed by atoms with Crippen LogP contribution < -0.4 is 5.32 Å². The van der Waals surface area contributed by atoms with Crippen LogP contribution >= 0.6 is 11.3 Å². The lowest BCUT2D eigenvalue weighted by Crippen LogP contribution is -2.13. The van der Waals surface area contributed by atoms with E-state index in [1.807, 2.05) is 11.3 Å². The molecule has 0 aliphatic heterocycles. The van der Waals surface area contributed by atoms with Crippen LogP contribution in [0.3, 0.4) is 0 Å². The molecule has 0 bridgehead atoms. The highest BCUT2D eigenvalue weighted by Crippen LogP contribution is 2.30. The Kier molecular flexibility index (Phi) is 4.21. The highest BCUT2D eigenvalue weighted by atomic mass is 32.1. The largest absolute Gasteiger partial charge is 0.312 e. The van der Waals surface area contributed by atoms with E-state index in [1.54, 1.807) is 10.4 Å². The first-order valence-corrected chi connectivity index (χ1v) is 7.03. The van der Waals surface area contributed by atoms with Crippen molar-refractivity contribution in [2.75, 3.05) is 6.54 Å². The van der Waals surface area contributed by atoms with Gasteiger partial charge in [-0.05, 0) is 43.9 Å². The molecule has 1 aliphatic rings. The smallest absolute Gasteiger partial charge is 0.0299 e. The van der Waals surface area contributed by atoms with E-state index >= 15 is 0 Å². The van der Waals surface area contributed by atoms with Crippen molar-refractivity contribution >= 4 is 11.3 Å². The van der Waals surface area contributed by atoms with Crippen LogP contribution in [-0.2, 0) is 19.4 Å². The minimum Gasteiger partial charge on any atom is -0.312 e. The van der Waals surface area contributed by atoms with Crippen molar-refractivity contribution in [2.45, 2.75) is 52.0 Å². The third-order valence-electron chi connectivity index (χ3n) is 3.05. The van der Waals surface area contributed by atoms with Gasteiger partial charge in [-0.25, -0.2) is 0 Å². The molecule has 0 spiro atoms. The van der Waals surface area contributed by atoms with Gasteiger partial charge in [0.25, 0.3) is 0 Å². The maximum absolute atomic E-state index is 3.54. The van der Waals surface area contributed by atoms with Crippen molar-refractivity contribution in [3.8, 4) is 0 Å². The molecule has 0 saturated carbocycles. The van der Waals surface area contributed by atoms with Crippen molar-refractivity contribution in [3.63, 3.8) is 0 Å². The SMILES string of the molecule is CCCCCNCc1cc2c(s1)CCC2. The second-order valence-corrected chi connectivity index (χ2v) is 5.62. The third-order valence-corrected chi connectivity index (χ3v) is 4.29. The van der Waals surface area contributed by atoms with Crippen LogP contribution in [0, 0.1) is 0 Å². The summed E-state index contributed by atoms with van der Waals surface area (Å²) in [7, 11) is 0. The Morgan fingerprint density at radius 3 is 3.07 bits per heavy atom. The standard InChI is InChI=1S/C13H21NS/c1-2-3-4-8-14-10-12-9-11-6-5-7-13(11)15-12/h9,14H,2-8,10H2,1H3. The number of unbranched alkanes of at least 4 members (excludes halogenated alkanes) is 2. The molecule has 0 fully saturated rings. The zero-order valence-electron chi connectivity index (χ0n) is 9.64. The van der Waals surface area contributed by atoms with Gasteiger partial charge in [-0.15, -0.1) is 11.3 Å². The Morgan fingerprint density at radius 2 is 2.27 bits per heavy atom. The lowest BCUT2D eigenvalue weighted by molar-refractivity contribution is 0.620. The first-order valence-electron chi connectivity index (χ1n) is 6.21. The highest BCUT2D eigenvalue weighted by molar-refractivity contribution is 7.12. The van der Waals surface area contributed by atoms with Crippen LogP contribution in [0.1, 0.15) is 47.9 Å². The average Bonchev–Trinajstić information content (AvgIpc) is 2.77. The Labute approximate surface area is 96.9 Å². The van der Waals surface area contributed by atoms with E-state index in [9.17, 15) is 0 Å². The molecule has 0 amide bonds. The number of thiophene rings is 1. The molecule has 0 saturated heterocycles. The van der Waals surface area contributed by atoms with Crippen molar-refractivity contribution in [2.24, 2.45) is 0 Å². The summed E-state index contributed by atoms with van der Waals surface area (Å²) in [6.45, 7) is 4.52. The van der Waals surface area contributed by atoms with Gasteiger partial charge in [0, 0.05) is 16.3 Å². The fraction of sp³-hybridized carbons (Fsp3) is 0.692. The summed E-state index contributed by atoms with van der Waals surface area (Å²) in [6, 6.07) is 2.42. The van der Waals surface area contributed by atoms with Crippen molar-refractivity contribution in [1.29, 1.82) is 0 Å². The van der Waals surface area contributed by atoms with E-state index in [0.29, 0.717) is 0 Å². The minimum absolute atomic E-state index is 1.08. The van der Waals surface area contributed by atoms with Gasteiger partial charge < -0.3 is 5.32 Å². The maximum atomic E-state index is 3.54. The quantitative estimate of drug-likeness (QED) is 0.728. The summed E-state index contributed by atoms with van der Waals surface area (Å²) in [5.74, 6) is 0. The van der Waals surface area contributed by atoms with Crippen LogP contribution in [0.2, 0.25) is 0 Å². The molecule has 0 aromatic carbocycles. The number of hydrogen-bond donors (Lipinski definition) is 1. The molecule has 0 atom stereocenters. The molecule has 0 radical (unpaired) electrons. The lowest BCUT2D eigenvalue weighted by Gasteiger charge is -2.01. The molecule has 1 aliphatic carbocycles. The van der Waals surface area contributed by atoms with E-state index < -0.39 is 0 Å². The Bertz CT molecular complexity index is 282. The lowest BCUT2D eigenvalue weighted by atomic mass is 10.2. The van der Waals surface area contributed by atoms with Crippen molar-refractivity contribution in [1.82, 2.24) is 5.32 Å². The van der Waals surface area contributed by atoms with Crippen LogP contribution in [0.15, 0.2) is 6.07 Å². The first-order chi connectivity index (χ1) is 7.40. The van der Waals surface area contributed by atoms with Gasteiger partial charge in [-0.2, -0.15) is 0 Å². The van der Waals surface area contributed by atoms with Crippen LogP contribution in [-0.4, -0.2) is 6.54 Å². The highest BCUT2D eigenvalue weighted by Gasteiger charge is 2.13. The Morgan fingerprint density at radius 1 is 1.33 bits per heavy atom. The fourth-order valence-corrected chi connectivity index (χ4v) is 3.42. The summed E-state index contributed by atoms with van der Waals surface area (Å²) >= 11 is 2.02. The number of fused-ring (bicyclic) bond motifs is 1. The molecule has 0 unspecified atom stereocenters. The molecule has 84 valence electrons. The molecule has 1 N–H and O–H groups in total. The van der Waals surface area contributed by atoms with Crippen molar-refractivity contribution < 1.29 is 0 Å². The first kappa shape index (κ1) is 11.2. The van der Waals surface area contributed by atoms with Crippen LogP contribution in [0.5, 0.6) is 0 Å². The van der Waals surface area contributed by atoms with Gasteiger partial charge in [-0.3, -0.25) is 0 Å². The Balaban J connectivity index is 1.70. The van der Waals surface area contributed by atoms with Gasteiger partial charge in [0.2, 0.25) is 0 Å². The fourth-order valence-electron chi connectivity index (χ4n) is 2.19. The number of aryl methyl sites for hydroxylation is 2. The molecule has 15 heavy (non-hydrogen) atoms. The molecule has 1 aromatic heterocycles. The summed E-state index contributed by atoms with van der Waals surface area (Å²) in [5.41, 5.74) is 1.63. The van der Waals surface area contributed by atoms with E-state index in [-0.39, 0.29) is 0 Å². The van der Waals surface area contributed by atoms with Crippen molar-refractivity contribution in [3.05, 3.63) is 21.4 Å². The molecule has 1 heterocycles. The molecule has 2 heteroatoms. The van der Waals surface area contributed by atoms with Gasteiger partial charge in [-0.1, -0.05) is 19.8 Å². The molecule has 1 aromatic rings. The third kappa shape index (κ3) is 3.05. The normalized spacial score (nSPS) is 14.5. The topological polar surface area (TPSA) is 12.0 Å². The van der Waals surface area contributed by atoms with Gasteiger partial charge in [0.05, 0.1) is 0 Å². The number of hydrogen-bond acceptors (Lipinski definition) is 2. The molecule has 1 nitrogen and oxygen atoms in total. The zero-order valence-corrected chi connectivity index (χ0v) is 10.5. The second kappa shape index (κ2) is 5.66. The molecular formula is C13H21NS. The molecule has 2 rings (SSSR count). The second-order valence-electron chi connectivity index (χ2n) is 4.40. The van der Waals surface area contributed by atoms with E-state index in [4.69, 9.17) is 0 Å². The summed E-state index contributed by atoms with van der Waals surface area (Å²) in [5, 5.41) is 3.54. The summed E-state index contributed by atoms with van der Waals surface area (Å²) < 4.78 is 0.